The number of nitrogens with two attached hydrogens (primary N) is 1. The van der Waals surface area contributed by atoms with Gasteiger partial charge in [0.1, 0.15) is 78.1 Å². The Bertz CT molecular complexity index is 1340. The van der Waals surface area contributed by atoms with Gasteiger partial charge in [-0.05, 0) is 23.8 Å². The van der Waals surface area contributed by atoms with Crippen molar-refractivity contribution in [1.29, 1.82) is 0 Å². The van der Waals surface area contributed by atoms with Crippen LogP contribution in [0, 0.1) is 0 Å². The number of ketones is 2. The first-order valence-corrected chi connectivity index (χ1v) is 13.2. The predicted molar refractivity (Wildman–Crippen MR) is 142 cm³/mol. The van der Waals surface area contributed by atoms with Gasteiger partial charge in [0.05, 0.1) is 18.8 Å². The number of phenolic OH excluding ortho intramolecular Hbond substituents is 1. The zero-order valence-electron chi connectivity index (χ0n) is 22.7. The van der Waals surface area contributed by atoms with Crippen LogP contribution in [0.1, 0.15) is 5.56 Å². The SMILES string of the molecule is NOC1=C(C2O[C@H](CO)[C@@H](O)[C@H](O)[C@H]2O)C(=O)C(C(=O)/C=C/c2ccc(O)cc2)=C(O)C1(O)C1O[C@H](CO)[C@@H](O)[C@H](O)[C@H]1O. The molecule has 0 saturated carbocycles. The van der Waals surface area contributed by atoms with E-state index in [1.807, 2.05) is 0 Å². The summed E-state index contributed by atoms with van der Waals surface area (Å²) in [6.07, 6.45) is -18.4. The normalized spacial score (nSPS) is 38.4. The summed E-state index contributed by atoms with van der Waals surface area (Å²) in [4.78, 5) is 32.1. The zero-order valence-corrected chi connectivity index (χ0v) is 22.7. The maximum atomic E-state index is 13.9. The molecule has 44 heavy (non-hydrogen) atoms. The molecule has 0 bridgehead atoms. The van der Waals surface area contributed by atoms with Gasteiger partial charge >= 0.3 is 0 Å². The van der Waals surface area contributed by atoms with E-state index in [0.29, 0.717) is 5.56 Å². The molecule has 1 aromatic rings. The molecule has 1 aliphatic carbocycles. The highest BCUT2D eigenvalue weighted by Gasteiger charge is 2.63. The summed E-state index contributed by atoms with van der Waals surface area (Å²) in [5.74, 6) is -0.205. The molecule has 242 valence electrons. The number of aliphatic hydroxyl groups is 10. The van der Waals surface area contributed by atoms with Crippen LogP contribution < -0.4 is 5.90 Å². The summed E-state index contributed by atoms with van der Waals surface area (Å²) < 4.78 is 10.8. The van der Waals surface area contributed by atoms with Crippen LogP contribution in [0.4, 0.5) is 0 Å². The molecule has 1 aromatic carbocycles. The van der Waals surface area contributed by atoms with Crippen LogP contribution in [0.15, 0.2) is 53.0 Å². The molecule has 2 aliphatic heterocycles. The Morgan fingerprint density at radius 2 is 1.41 bits per heavy atom. The molecule has 3 unspecified atom stereocenters. The van der Waals surface area contributed by atoms with E-state index < -0.39 is 114 Å². The molecule has 3 aliphatic rings. The van der Waals surface area contributed by atoms with Gasteiger partial charge in [-0.1, -0.05) is 18.2 Å². The van der Waals surface area contributed by atoms with Gasteiger partial charge in [-0.2, -0.15) is 5.90 Å². The fourth-order valence-electron chi connectivity index (χ4n) is 5.38. The molecule has 2 heterocycles. The summed E-state index contributed by atoms with van der Waals surface area (Å²) in [5.41, 5.74) is -5.29. The lowest BCUT2D eigenvalue weighted by Crippen LogP contribution is -2.68. The van der Waals surface area contributed by atoms with Crippen LogP contribution in [0.2, 0.25) is 0 Å². The third-order valence-corrected chi connectivity index (χ3v) is 7.83. The number of aromatic hydroxyl groups is 1. The van der Waals surface area contributed by atoms with E-state index in [-0.39, 0.29) is 5.75 Å². The topological polar surface area (TPSA) is 310 Å². The third-order valence-electron chi connectivity index (χ3n) is 7.83. The molecule has 13 N–H and O–H groups in total. The van der Waals surface area contributed by atoms with Crippen LogP contribution in [-0.4, -0.2) is 148 Å². The van der Waals surface area contributed by atoms with Gasteiger partial charge < -0.3 is 70.5 Å². The second-order valence-corrected chi connectivity index (χ2v) is 10.5. The molecule has 0 aromatic heterocycles. The van der Waals surface area contributed by atoms with Crippen molar-refractivity contribution in [2.24, 2.45) is 5.90 Å². The van der Waals surface area contributed by atoms with E-state index in [4.69, 9.17) is 20.2 Å². The van der Waals surface area contributed by atoms with Gasteiger partial charge in [0.2, 0.25) is 11.4 Å². The summed E-state index contributed by atoms with van der Waals surface area (Å²) in [7, 11) is 0. The highest BCUT2D eigenvalue weighted by molar-refractivity contribution is 6.31. The summed E-state index contributed by atoms with van der Waals surface area (Å²) in [5, 5.41) is 115. The maximum Gasteiger partial charge on any atom is 0.211 e. The average molecular weight is 628 g/mol. The number of phenols is 1. The number of allylic oxidation sites excluding steroid dienone is 2. The van der Waals surface area contributed by atoms with Crippen LogP contribution in [-0.2, 0) is 23.9 Å². The minimum absolute atomic E-state index is 0.0931. The minimum atomic E-state index is -3.39. The molecule has 17 nitrogen and oxygen atoms in total. The van der Waals surface area contributed by atoms with Gasteiger partial charge in [0, 0.05) is 0 Å². The Kier molecular flexibility index (Phi) is 9.90. The molecule has 4 rings (SSSR count). The first-order chi connectivity index (χ1) is 20.7. The standard InChI is InChI=1S/C27H33NO16/c28-44-25-15(23-21(38)19(36)16(33)12(7-29)42-23)18(35)14(11(32)6-3-9-1-4-10(31)5-2-9)24(40)27(25,41)26-22(39)20(37)17(34)13(8-30)43-26/h1-6,12-13,16-17,19-23,26,29-31,33-34,36-41H,7-8,28H2/b6-3+/t12-,13-,16-,17-,19+,20+,21-,22-,23?,26?,27?/m1/s1. The van der Waals surface area contributed by atoms with Gasteiger partial charge in [-0.25, -0.2) is 0 Å². The molecule has 2 fully saturated rings. The van der Waals surface area contributed by atoms with Crippen LogP contribution in [0.25, 0.3) is 6.08 Å². The van der Waals surface area contributed by atoms with Crippen LogP contribution >= 0.6 is 0 Å². The molecular weight excluding hydrogens is 594 g/mol. The van der Waals surface area contributed by atoms with Crippen LogP contribution in [0.3, 0.4) is 0 Å². The number of rotatable bonds is 8. The van der Waals surface area contributed by atoms with E-state index >= 15 is 0 Å². The number of carbonyl (C=O) groups is 2. The minimum Gasteiger partial charge on any atom is -0.508 e. The Morgan fingerprint density at radius 1 is 0.864 bits per heavy atom. The smallest absolute Gasteiger partial charge is 0.211 e. The van der Waals surface area contributed by atoms with Crippen molar-refractivity contribution in [3.8, 4) is 5.75 Å². The zero-order chi connectivity index (χ0) is 32.7. The largest absolute Gasteiger partial charge is 0.508 e. The second-order valence-electron chi connectivity index (χ2n) is 10.5. The Hall–Kier alpha value is -3.30. The van der Waals surface area contributed by atoms with Crippen molar-refractivity contribution in [1.82, 2.24) is 0 Å². The second kappa shape index (κ2) is 13.0. The lowest BCUT2D eigenvalue weighted by molar-refractivity contribution is -0.267. The molecule has 0 spiro atoms. The van der Waals surface area contributed by atoms with Gasteiger partial charge in [-0.15, -0.1) is 0 Å². The monoisotopic (exact) mass is 627 g/mol. The van der Waals surface area contributed by atoms with Crippen molar-refractivity contribution >= 4 is 17.6 Å². The van der Waals surface area contributed by atoms with Crippen molar-refractivity contribution in [2.75, 3.05) is 13.2 Å². The fourth-order valence-corrected chi connectivity index (χ4v) is 5.38. The quantitative estimate of drug-likeness (QED) is 0.0728. The van der Waals surface area contributed by atoms with Crippen molar-refractivity contribution < 1.29 is 80.1 Å². The lowest BCUT2D eigenvalue weighted by atomic mass is 9.72. The number of benzene rings is 1. The molecule has 0 amide bonds. The van der Waals surface area contributed by atoms with Crippen LogP contribution in [0.5, 0.6) is 5.75 Å². The Morgan fingerprint density at radius 3 is 1.95 bits per heavy atom. The van der Waals surface area contributed by atoms with E-state index in [1.54, 1.807) is 0 Å². The average Bonchev–Trinajstić information content (AvgIpc) is 3.00. The van der Waals surface area contributed by atoms with E-state index in [9.17, 15) is 65.8 Å². The lowest BCUT2D eigenvalue weighted by Gasteiger charge is -2.48. The Labute approximate surface area is 248 Å². The van der Waals surface area contributed by atoms with Gasteiger partial charge in [-0.3, -0.25) is 9.59 Å². The van der Waals surface area contributed by atoms with E-state index in [0.717, 1.165) is 12.2 Å². The highest BCUT2D eigenvalue weighted by atomic mass is 16.6. The fraction of sp³-hybridized carbons (Fsp3) is 0.481. The van der Waals surface area contributed by atoms with Crippen molar-refractivity contribution in [3.63, 3.8) is 0 Å². The first-order valence-electron chi connectivity index (χ1n) is 13.2. The van der Waals surface area contributed by atoms with Crippen molar-refractivity contribution in [3.05, 3.63) is 58.6 Å². The number of carbonyl (C=O) groups excluding carboxylic acids is 2. The maximum absolute atomic E-state index is 13.9. The Balaban J connectivity index is 1.93. The first kappa shape index (κ1) is 33.6. The molecule has 11 atom stereocenters. The molecular formula is C27H33NO16. The number of ether oxygens (including phenoxy) is 2. The number of Topliss-reactive ketones (excluding diaryl/α,β-unsaturated/α-hetero) is 1. The van der Waals surface area contributed by atoms with E-state index in [2.05, 4.69) is 0 Å². The number of hydrogen-bond donors (Lipinski definition) is 12. The molecule has 0 radical (unpaired) electrons. The predicted octanol–water partition coefficient (Wildman–Crippen LogP) is -5.07. The number of aliphatic hydroxyl groups excluding tert-OH is 9. The van der Waals surface area contributed by atoms with Gasteiger partial charge in [0.15, 0.2) is 11.5 Å². The number of hydrogen-bond acceptors (Lipinski definition) is 17. The van der Waals surface area contributed by atoms with Crippen molar-refractivity contribution in [2.45, 2.75) is 66.6 Å². The molecule has 17 heteroatoms. The summed E-state index contributed by atoms with van der Waals surface area (Å²) in [6.45, 7) is -1.95. The summed E-state index contributed by atoms with van der Waals surface area (Å²) >= 11 is 0. The third kappa shape index (κ3) is 5.53. The van der Waals surface area contributed by atoms with Gasteiger partial charge in [0.25, 0.3) is 0 Å². The summed E-state index contributed by atoms with van der Waals surface area (Å²) in [6, 6.07) is 5.35. The molecule has 2 saturated heterocycles. The highest BCUT2D eigenvalue weighted by Crippen LogP contribution is 2.45. The van der Waals surface area contributed by atoms with E-state index in [1.165, 1.54) is 24.3 Å².